The molecule has 1 aliphatic rings. The number of ether oxygens (including phenoxy) is 1. The van der Waals surface area contributed by atoms with Crippen molar-refractivity contribution in [2.45, 2.75) is 0 Å². The van der Waals surface area contributed by atoms with Gasteiger partial charge in [-0.25, -0.2) is 9.18 Å². The third-order valence-corrected chi connectivity index (χ3v) is 4.45. The van der Waals surface area contributed by atoms with Gasteiger partial charge in [0, 0.05) is 42.6 Å². The van der Waals surface area contributed by atoms with Gasteiger partial charge in [-0.1, -0.05) is 11.6 Å². The van der Waals surface area contributed by atoms with E-state index >= 15 is 0 Å². The van der Waals surface area contributed by atoms with Crippen LogP contribution in [0, 0.1) is 5.82 Å². The number of halogens is 2. The zero-order valence-electron chi connectivity index (χ0n) is 13.3. The van der Waals surface area contributed by atoms with E-state index in [0.29, 0.717) is 0 Å². The maximum absolute atomic E-state index is 14.1. The van der Waals surface area contributed by atoms with Gasteiger partial charge in [-0.05, 0) is 42.5 Å². The van der Waals surface area contributed by atoms with Gasteiger partial charge in [-0.2, -0.15) is 0 Å². The third kappa shape index (κ3) is 3.46. The highest BCUT2D eigenvalue weighted by Gasteiger charge is 2.20. The fraction of sp³-hybridized carbons (Fsp3) is 0.278. The van der Waals surface area contributed by atoms with Gasteiger partial charge in [0.1, 0.15) is 5.82 Å². The van der Waals surface area contributed by atoms with Gasteiger partial charge >= 0.3 is 5.97 Å². The summed E-state index contributed by atoms with van der Waals surface area (Å²) in [5.41, 5.74) is 1.86. The number of hydrogen-bond donors (Lipinski definition) is 0. The topological polar surface area (TPSA) is 32.8 Å². The quantitative estimate of drug-likeness (QED) is 0.794. The smallest absolute Gasteiger partial charge is 0.340 e. The van der Waals surface area contributed by atoms with Crippen molar-refractivity contribution in [3.05, 3.63) is 58.9 Å². The average molecular weight is 349 g/mol. The fourth-order valence-corrected chi connectivity index (χ4v) is 2.98. The van der Waals surface area contributed by atoms with Crippen molar-refractivity contribution in [1.82, 2.24) is 0 Å². The molecule has 0 atom stereocenters. The monoisotopic (exact) mass is 348 g/mol. The molecule has 0 amide bonds. The first-order valence-electron chi connectivity index (χ1n) is 7.72. The van der Waals surface area contributed by atoms with Gasteiger partial charge in [0.05, 0.1) is 12.7 Å². The predicted molar refractivity (Wildman–Crippen MR) is 93.6 cm³/mol. The van der Waals surface area contributed by atoms with Crippen molar-refractivity contribution in [1.29, 1.82) is 0 Å². The SMILES string of the molecule is COC(=O)c1ccc(N2CCN(c3ccc(Cl)cc3)CC2)cc1F. The molecule has 1 heterocycles. The number of carbonyl (C=O) groups is 1. The summed E-state index contributed by atoms with van der Waals surface area (Å²) in [6.07, 6.45) is 0. The van der Waals surface area contributed by atoms with Crippen LogP contribution in [-0.2, 0) is 4.74 Å². The molecule has 1 fully saturated rings. The molecule has 0 N–H and O–H groups in total. The number of nitrogens with zero attached hydrogens (tertiary/aromatic N) is 2. The van der Waals surface area contributed by atoms with E-state index < -0.39 is 11.8 Å². The van der Waals surface area contributed by atoms with Crippen molar-refractivity contribution in [3.63, 3.8) is 0 Å². The zero-order chi connectivity index (χ0) is 17.1. The molecule has 3 rings (SSSR count). The van der Waals surface area contributed by atoms with E-state index in [0.717, 1.165) is 42.6 Å². The van der Waals surface area contributed by atoms with Crippen molar-refractivity contribution >= 4 is 28.9 Å². The van der Waals surface area contributed by atoms with Crippen LogP contribution in [0.25, 0.3) is 0 Å². The minimum Gasteiger partial charge on any atom is -0.465 e. The van der Waals surface area contributed by atoms with Gasteiger partial charge < -0.3 is 14.5 Å². The highest BCUT2D eigenvalue weighted by molar-refractivity contribution is 6.30. The van der Waals surface area contributed by atoms with E-state index in [1.807, 2.05) is 24.3 Å². The minimum absolute atomic E-state index is 0.0407. The van der Waals surface area contributed by atoms with Crippen LogP contribution in [0.1, 0.15) is 10.4 Å². The first-order valence-corrected chi connectivity index (χ1v) is 8.09. The fourth-order valence-electron chi connectivity index (χ4n) is 2.85. The molecular formula is C18H18ClFN2O2. The Hall–Kier alpha value is -2.27. The molecule has 0 aromatic heterocycles. The van der Waals surface area contributed by atoms with Crippen molar-refractivity contribution in [2.24, 2.45) is 0 Å². The highest BCUT2D eigenvalue weighted by atomic mass is 35.5. The van der Waals surface area contributed by atoms with E-state index in [1.54, 1.807) is 6.07 Å². The Balaban J connectivity index is 1.67. The van der Waals surface area contributed by atoms with E-state index in [-0.39, 0.29) is 5.56 Å². The Labute approximate surface area is 145 Å². The number of methoxy groups -OCH3 is 1. The average Bonchev–Trinajstić information content (AvgIpc) is 2.62. The van der Waals surface area contributed by atoms with Crippen molar-refractivity contribution in [3.8, 4) is 0 Å². The molecule has 24 heavy (non-hydrogen) atoms. The second-order valence-electron chi connectivity index (χ2n) is 5.61. The van der Waals surface area contributed by atoms with Gasteiger partial charge in [-0.3, -0.25) is 0 Å². The van der Waals surface area contributed by atoms with Gasteiger partial charge in [0.2, 0.25) is 0 Å². The van der Waals surface area contributed by atoms with Crippen LogP contribution in [0.4, 0.5) is 15.8 Å². The van der Waals surface area contributed by atoms with Gasteiger partial charge in [-0.15, -0.1) is 0 Å². The second kappa shape index (κ2) is 7.09. The third-order valence-electron chi connectivity index (χ3n) is 4.19. The van der Waals surface area contributed by atoms with Crippen LogP contribution in [0.2, 0.25) is 5.02 Å². The van der Waals surface area contributed by atoms with Crippen molar-refractivity contribution in [2.75, 3.05) is 43.1 Å². The summed E-state index contributed by atoms with van der Waals surface area (Å²) in [5, 5.41) is 0.721. The summed E-state index contributed by atoms with van der Waals surface area (Å²) in [5.74, 6) is -1.22. The lowest BCUT2D eigenvalue weighted by Crippen LogP contribution is -2.46. The summed E-state index contributed by atoms with van der Waals surface area (Å²) >= 11 is 5.92. The van der Waals surface area contributed by atoms with E-state index in [4.69, 9.17) is 11.6 Å². The molecule has 1 saturated heterocycles. The number of anilines is 2. The first kappa shape index (κ1) is 16.6. The summed E-state index contributed by atoms with van der Waals surface area (Å²) in [7, 11) is 1.24. The number of hydrogen-bond acceptors (Lipinski definition) is 4. The van der Waals surface area contributed by atoms with Crippen LogP contribution in [0.15, 0.2) is 42.5 Å². The molecule has 0 bridgehead atoms. The lowest BCUT2D eigenvalue weighted by molar-refractivity contribution is 0.0595. The maximum atomic E-state index is 14.1. The predicted octanol–water partition coefficient (Wildman–Crippen LogP) is 3.59. The Morgan fingerprint density at radius 3 is 2.08 bits per heavy atom. The molecule has 126 valence electrons. The summed E-state index contributed by atoms with van der Waals surface area (Å²) in [6.45, 7) is 3.23. The molecule has 0 aliphatic carbocycles. The van der Waals surface area contributed by atoms with E-state index in [9.17, 15) is 9.18 Å². The molecule has 0 saturated carbocycles. The molecule has 0 spiro atoms. The summed E-state index contributed by atoms with van der Waals surface area (Å²) < 4.78 is 18.6. The first-order chi connectivity index (χ1) is 11.6. The number of rotatable bonds is 3. The lowest BCUT2D eigenvalue weighted by Gasteiger charge is -2.37. The van der Waals surface area contributed by atoms with Gasteiger partial charge in [0.25, 0.3) is 0 Å². The lowest BCUT2D eigenvalue weighted by atomic mass is 10.1. The molecule has 4 nitrogen and oxygen atoms in total. The normalized spacial score (nSPS) is 14.6. The molecular weight excluding hydrogens is 331 g/mol. The second-order valence-corrected chi connectivity index (χ2v) is 6.04. The zero-order valence-corrected chi connectivity index (χ0v) is 14.1. The van der Waals surface area contributed by atoms with Gasteiger partial charge in [0.15, 0.2) is 0 Å². The Morgan fingerprint density at radius 2 is 1.54 bits per heavy atom. The molecule has 2 aromatic carbocycles. The number of esters is 1. The van der Waals surface area contributed by atoms with Crippen LogP contribution < -0.4 is 9.80 Å². The Morgan fingerprint density at radius 1 is 1.00 bits per heavy atom. The number of benzene rings is 2. The largest absolute Gasteiger partial charge is 0.465 e. The van der Waals surface area contributed by atoms with Crippen molar-refractivity contribution < 1.29 is 13.9 Å². The van der Waals surface area contributed by atoms with Crippen LogP contribution in [-0.4, -0.2) is 39.3 Å². The molecule has 0 radical (unpaired) electrons. The van der Waals surface area contributed by atoms with Crippen LogP contribution in [0.5, 0.6) is 0 Å². The standard InChI is InChI=1S/C18H18ClFN2O2/c1-24-18(23)16-7-6-15(12-17(16)20)22-10-8-21(9-11-22)14-4-2-13(19)3-5-14/h2-7,12H,8-11H2,1H3. The maximum Gasteiger partial charge on any atom is 0.340 e. The van der Waals surface area contributed by atoms with Crippen LogP contribution >= 0.6 is 11.6 Å². The Kier molecular flexibility index (Phi) is 4.90. The Bertz CT molecular complexity index is 728. The highest BCUT2D eigenvalue weighted by Crippen LogP contribution is 2.24. The summed E-state index contributed by atoms with van der Waals surface area (Å²) in [4.78, 5) is 15.8. The minimum atomic E-state index is -0.661. The van der Waals surface area contributed by atoms with E-state index in [1.165, 1.54) is 19.2 Å². The van der Waals surface area contributed by atoms with E-state index in [2.05, 4.69) is 14.5 Å². The van der Waals surface area contributed by atoms with Crippen LogP contribution in [0.3, 0.4) is 0 Å². The number of piperazine rings is 1. The molecule has 1 aliphatic heterocycles. The molecule has 6 heteroatoms. The number of carbonyl (C=O) groups excluding carboxylic acids is 1. The molecule has 0 unspecified atom stereocenters. The molecule has 2 aromatic rings. The summed E-state index contributed by atoms with van der Waals surface area (Å²) in [6, 6.07) is 12.4.